The number of nitrogens with zero attached hydrogens (tertiary/aromatic N) is 2. The summed E-state index contributed by atoms with van der Waals surface area (Å²) < 4.78 is 30.7. The van der Waals surface area contributed by atoms with Gasteiger partial charge >= 0.3 is 0 Å². The number of halogens is 4. The number of carbonyl (C=O) groups excluding carboxylic acids is 1. The van der Waals surface area contributed by atoms with Crippen LogP contribution in [0.1, 0.15) is 32.1 Å². The zero-order valence-corrected chi connectivity index (χ0v) is 17.5. The Bertz CT molecular complexity index is 961. The lowest BCUT2D eigenvalue weighted by molar-refractivity contribution is -0.118. The third-order valence-corrected chi connectivity index (χ3v) is 5.87. The zero-order valence-electron chi connectivity index (χ0n) is 14.3. The van der Waals surface area contributed by atoms with Gasteiger partial charge in [-0.25, -0.2) is 18.8 Å². The number of allylic oxidation sites excluding steroid dienone is 1. The van der Waals surface area contributed by atoms with Gasteiger partial charge in [0.2, 0.25) is 5.91 Å². The molecule has 4 rings (SSSR count). The summed E-state index contributed by atoms with van der Waals surface area (Å²) in [7, 11) is 0. The fourth-order valence-electron chi connectivity index (χ4n) is 3.69. The summed E-state index contributed by atoms with van der Waals surface area (Å²) in [5, 5.41) is 2.84. The van der Waals surface area contributed by atoms with Crippen molar-refractivity contribution in [1.82, 2.24) is 0 Å². The first kappa shape index (κ1) is 18.6. The molecule has 1 heterocycles. The smallest absolute Gasteiger partial charge is 0.250 e. The molecule has 2 aromatic rings. The van der Waals surface area contributed by atoms with Gasteiger partial charge in [-0.2, -0.15) is 0 Å². The summed E-state index contributed by atoms with van der Waals surface area (Å²) in [6, 6.07) is 9.21. The van der Waals surface area contributed by atoms with E-state index in [0.717, 1.165) is 37.0 Å². The Morgan fingerprint density at radius 2 is 1.37 bits per heavy atom. The second-order valence-electron chi connectivity index (χ2n) is 6.64. The van der Waals surface area contributed by atoms with Crippen molar-refractivity contribution < 1.29 is 13.6 Å². The maximum absolute atomic E-state index is 14.8. The predicted molar refractivity (Wildman–Crippen MR) is 108 cm³/mol. The molecule has 0 unspecified atom stereocenters. The Kier molecular flexibility index (Phi) is 5.07. The molecule has 0 saturated carbocycles. The Morgan fingerprint density at radius 3 is 1.96 bits per heavy atom. The van der Waals surface area contributed by atoms with Crippen LogP contribution in [-0.4, -0.2) is 5.91 Å². The molecule has 0 fully saturated rings. The maximum Gasteiger partial charge on any atom is 0.250 e. The first-order chi connectivity index (χ1) is 13.0. The summed E-state index contributed by atoms with van der Waals surface area (Å²) in [6.07, 6.45) is 3.74. The van der Waals surface area contributed by atoms with E-state index in [1.165, 1.54) is 23.2 Å². The van der Waals surface area contributed by atoms with E-state index in [4.69, 9.17) is 0 Å². The molecule has 0 radical (unpaired) electrons. The number of rotatable bonds is 2. The van der Waals surface area contributed by atoms with Gasteiger partial charge in [-0.15, -0.1) is 0 Å². The monoisotopic (exact) mass is 496 g/mol. The molecule has 0 atom stereocenters. The van der Waals surface area contributed by atoms with Crippen molar-refractivity contribution in [2.75, 3.05) is 10.0 Å². The third-order valence-electron chi connectivity index (χ3n) is 4.88. The highest BCUT2D eigenvalue weighted by Crippen LogP contribution is 2.41. The molecule has 7 heteroatoms. The fourth-order valence-corrected chi connectivity index (χ4v) is 4.36. The standard InChI is InChI=1S/C20H16Br2F2N2O/c21-13-5-7-18(15(23)10-13)25-17-4-2-1-3-12(17)9-20(27)26(25)19-8-6-14(22)11-16(19)24/h5-8,10-11H,1-4,9H2. The second-order valence-corrected chi connectivity index (χ2v) is 8.47. The molecule has 0 N–H and O–H groups in total. The van der Waals surface area contributed by atoms with E-state index < -0.39 is 11.6 Å². The number of benzene rings is 2. The molecular weight excluding hydrogens is 482 g/mol. The lowest BCUT2D eigenvalue weighted by atomic mass is 9.91. The summed E-state index contributed by atoms with van der Waals surface area (Å²) in [6.45, 7) is 0. The van der Waals surface area contributed by atoms with Crippen molar-refractivity contribution in [2.24, 2.45) is 0 Å². The molecule has 0 bridgehead atoms. The lowest BCUT2D eigenvalue weighted by Crippen LogP contribution is -2.51. The van der Waals surface area contributed by atoms with Crippen molar-refractivity contribution >= 4 is 49.1 Å². The average Bonchev–Trinajstić information content (AvgIpc) is 2.62. The van der Waals surface area contributed by atoms with Gasteiger partial charge in [-0.3, -0.25) is 4.79 Å². The van der Waals surface area contributed by atoms with Crippen LogP contribution in [0.5, 0.6) is 0 Å². The number of carbonyl (C=O) groups is 1. The van der Waals surface area contributed by atoms with E-state index >= 15 is 0 Å². The van der Waals surface area contributed by atoms with Gasteiger partial charge in [0.15, 0.2) is 0 Å². The van der Waals surface area contributed by atoms with Gasteiger partial charge in [-0.05, 0) is 67.7 Å². The van der Waals surface area contributed by atoms with Crippen LogP contribution in [0.25, 0.3) is 0 Å². The highest BCUT2D eigenvalue weighted by atomic mass is 79.9. The quantitative estimate of drug-likeness (QED) is 0.474. The van der Waals surface area contributed by atoms with Crippen LogP contribution >= 0.6 is 31.9 Å². The molecule has 0 aromatic heterocycles. The van der Waals surface area contributed by atoms with E-state index in [1.807, 2.05) is 0 Å². The van der Waals surface area contributed by atoms with Crippen LogP contribution in [0.4, 0.5) is 20.2 Å². The van der Waals surface area contributed by atoms with Gasteiger partial charge in [0, 0.05) is 14.6 Å². The van der Waals surface area contributed by atoms with E-state index in [1.54, 1.807) is 23.2 Å². The minimum Gasteiger partial charge on any atom is -0.272 e. The third kappa shape index (κ3) is 3.43. The SMILES string of the molecule is O=C1CC2=C(CCCC2)N(c2ccc(Br)cc2F)N1c1ccc(Br)cc1F. The molecule has 0 spiro atoms. The highest BCUT2D eigenvalue weighted by molar-refractivity contribution is 9.10. The number of hydrogen-bond acceptors (Lipinski definition) is 2. The zero-order chi connectivity index (χ0) is 19.1. The summed E-state index contributed by atoms with van der Waals surface area (Å²) in [4.78, 5) is 13.0. The van der Waals surface area contributed by atoms with Crippen molar-refractivity contribution in [3.63, 3.8) is 0 Å². The Labute approximate surface area is 172 Å². The van der Waals surface area contributed by atoms with Crippen LogP contribution < -0.4 is 10.0 Å². The topological polar surface area (TPSA) is 23.6 Å². The van der Waals surface area contributed by atoms with Gasteiger partial charge < -0.3 is 0 Å². The van der Waals surface area contributed by atoms with Crippen molar-refractivity contribution in [3.05, 3.63) is 68.2 Å². The Balaban J connectivity index is 1.92. The summed E-state index contributed by atoms with van der Waals surface area (Å²) in [5.41, 5.74) is 2.26. The highest BCUT2D eigenvalue weighted by Gasteiger charge is 2.37. The Morgan fingerprint density at radius 1 is 0.815 bits per heavy atom. The summed E-state index contributed by atoms with van der Waals surface area (Å²) in [5.74, 6) is -1.28. The normalized spacial score (nSPS) is 17.4. The van der Waals surface area contributed by atoms with Crippen LogP contribution in [-0.2, 0) is 4.79 Å². The number of amides is 1. The molecule has 2 aromatic carbocycles. The largest absolute Gasteiger partial charge is 0.272 e. The Hall–Kier alpha value is -1.73. The molecule has 1 aliphatic carbocycles. The predicted octanol–water partition coefficient (Wildman–Crippen LogP) is 6.48. The van der Waals surface area contributed by atoms with Crippen LogP contribution in [0.2, 0.25) is 0 Å². The van der Waals surface area contributed by atoms with E-state index in [9.17, 15) is 13.6 Å². The van der Waals surface area contributed by atoms with Gasteiger partial charge in [-0.1, -0.05) is 31.9 Å². The van der Waals surface area contributed by atoms with Crippen molar-refractivity contribution in [3.8, 4) is 0 Å². The molecule has 1 amide bonds. The van der Waals surface area contributed by atoms with Gasteiger partial charge in [0.1, 0.15) is 17.3 Å². The fraction of sp³-hybridized carbons (Fsp3) is 0.250. The number of hydrogen-bond donors (Lipinski definition) is 0. The molecule has 3 nitrogen and oxygen atoms in total. The van der Waals surface area contributed by atoms with Crippen molar-refractivity contribution in [1.29, 1.82) is 0 Å². The number of hydrazine groups is 1. The molecular formula is C20H16Br2F2N2O. The molecule has 2 aliphatic rings. The maximum atomic E-state index is 14.8. The number of anilines is 2. The van der Waals surface area contributed by atoms with Crippen LogP contribution in [0, 0.1) is 11.6 Å². The van der Waals surface area contributed by atoms with Gasteiger partial charge in [0.05, 0.1) is 12.1 Å². The first-order valence-electron chi connectivity index (χ1n) is 8.69. The lowest BCUT2D eigenvalue weighted by Gasteiger charge is -2.44. The van der Waals surface area contributed by atoms with Gasteiger partial charge in [0.25, 0.3) is 0 Å². The minimum atomic E-state index is -0.542. The van der Waals surface area contributed by atoms with Crippen LogP contribution in [0.3, 0.4) is 0 Å². The molecule has 27 heavy (non-hydrogen) atoms. The average molecular weight is 498 g/mol. The molecule has 0 saturated heterocycles. The first-order valence-corrected chi connectivity index (χ1v) is 10.3. The van der Waals surface area contributed by atoms with E-state index in [0.29, 0.717) is 8.95 Å². The van der Waals surface area contributed by atoms with Crippen LogP contribution in [0.15, 0.2) is 56.6 Å². The van der Waals surface area contributed by atoms with Crippen molar-refractivity contribution in [2.45, 2.75) is 32.1 Å². The second kappa shape index (κ2) is 7.36. The van der Waals surface area contributed by atoms with E-state index in [-0.39, 0.29) is 23.7 Å². The minimum absolute atomic E-state index is 0.114. The molecule has 1 aliphatic heterocycles. The van der Waals surface area contributed by atoms with E-state index in [2.05, 4.69) is 31.9 Å². The summed E-state index contributed by atoms with van der Waals surface area (Å²) >= 11 is 6.50. The molecule has 140 valence electrons.